The Balaban J connectivity index is 2.47. The van der Waals surface area contributed by atoms with Crippen LogP contribution in [0.3, 0.4) is 0 Å². The van der Waals surface area contributed by atoms with Crippen LogP contribution in [0.5, 0.6) is 0 Å². The van der Waals surface area contributed by atoms with Crippen LogP contribution >= 0.6 is 56.9 Å². The molecule has 0 unspecified atom stereocenters. The van der Waals surface area contributed by atoms with Crippen molar-refractivity contribution in [3.8, 4) is 0 Å². The molecule has 0 bridgehead atoms. The van der Waals surface area contributed by atoms with Crippen LogP contribution in [0.25, 0.3) is 0 Å². The van der Waals surface area contributed by atoms with Gasteiger partial charge in [-0.25, -0.2) is 0 Å². The van der Waals surface area contributed by atoms with Crippen molar-refractivity contribution in [3.05, 3.63) is 35.9 Å². The molecule has 15 heavy (non-hydrogen) atoms. The van der Waals surface area contributed by atoms with Gasteiger partial charge in [-0.05, 0) is 71.2 Å². The number of halogens is 2. The molecule has 4 heteroatoms. The number of rotatable bonds is 1. The fraction of sp³-hybridized carbons (Fsp3) is 0.273. The summed E-state index contributed by atoms with van der Waals surface area (Å²) in [4.78, 5) is 3.84. The summed E-state index contributed by atoms with van der Waals surface area (Å²) in [5.41, 5.74) is 2.75. The second-order valence-electron chi connectivity index (χ2n) is 3.41. The van der Waals surface area contributed by atoms with Gasteiger partial charge in [-0.2, -0.15) is 0 Å². The van der Waals surface area contributed by atoms with Gasteiger partial charge in [0.05, 0.1) is 11.6 Å². The predicted molar refractivity (Wildman–Crippen MR) is 85.2 cm³/mol. The number of benzene rings is 1. The van der Waals surface area contributed by atoms with Crippen molar-refractivity contribution < 1.29 is 0 Å². The molecule has 0 radical (unpaired) electrons. The van der Waals surface area contributed by atoms with E-state index in [1.54, 1.807) is 0 Å². The minimum absolute atomic E-state index is 1.05. The Bertz CT molecular complexity index is 408. The highest BCUT2D eigenvalue weighted by Gasteiger charge is 2.21. The lowest BCUT2D eigenvalue weighted by Crippen LogP contribution is -2.18. The van der Waals surface area contributed by atoms with E-state index in [9.17, 15) is 0 Å². The molecule has 1 heterocycles. The summed E-state index contributed by atoms with van der Waals surface area (Å²) in [6.07, 6.45) is 0. The van der Waals surface area contributed by atoms with Crippen LogP contribution in [0.2, 0.25) is 0 Å². The van der Waals surface area contributed by atoms with Crippen molar-refractivity contribution in [2.75, 3.05) is 10.8 Å². The summed E-state index contributed by atoms with van der Waals surface area (Å²) in [5, 5.41) is 0. The zero-order valence-electron chi connectivity index (χ0n) is 8.55. The quantitative estimate of drug-likeness (QED) is 0.582. The second kappa shape index (κ2) is 4.83. The maximum Gasteiger partial charge on any atom is 0.0729 e. The van der Waals surface area contributed by atoms with Gasteiger partial charge in [-0.1, -0.05) is 6.07 Å². The van der Waals surface area contributed by atoms with E-state index in [4.69, 9.17) is 0 Å². The van der Waals surface area contributed by atoms with E-state index in [1.807, 2.05) is 11.8 Å². The first-order valence-electron chi connectivity index (χ1n) is 4.63. The van der Waals surface area contributed by atoms with E-state index in [0.29, 0.717) is 0 Å². The summed E-state index contributed by atoms with van der Waals surface area (Å²) in [6.45, 7) is 4.40. The summed E-state index contributed by atoms with van der Waals surface area (Å²) < 4.78 is 2.66. The maximum atomic E-state index is 2.41. The Labute approximate surface area is 122 Å². The van der Waals surface area contributed by atoms with E-state index in [2.05, 4.69) is 82.1 Å². The topological polar surface area (TPSA) is 3.24 Å². The number of nitrogens with zero attached hydrogens (tertiary/aromatic N) is 1. The van der Waals surface area contributed by atoms with Crippen molar-refractivity contribution in [1.82, 2.24) is 0 Å². The van der Waals surface area contributed by atoms with E-state index >= 15 is 0 Å². The number of anilines is 1. The lowest BCUT2D eigenvalue weighted by atomic mass is 10.3. The van der Waals surface area contributed by atoms with Crippen LogP contribution in [-0.4, -0.2) is 5.88 Å². The molecular weight excluding hydrogens is 432 g/mol. The highest BCUT2D eigenvalue weighted by Crippen LogP contribution is 2.39. The van der Waals surface area contributed by atoms with Gasteiger partial charge >= 0.3 is 0 Å². The Morgan fingerprint density at radius 3 is 2.27 bits per heavy atom. The first-order valence-corrected chi connectivity index (χ1v) is 7.77. The molecule has 0 aliphatic carbocycles. The molecule has 1 aliphatic heterocycles. The number of allylic oxidation sites excluding steroid dienone is 2. The molecule has 1 nitrogen and oxygen atoms in total. The van der Waals surface area contributed by atoms with E-state index in [1.165, 1.54) is 23.4 Å². The van der Waals surface area contributed by atoms with Gasteiger partial charge < -0.3 is 4.90 Å². The van der Waals surface area contributed by atoms with Gasteiger partial charge in [-0.15, -0.1) is 11.8 Å². The Morgan fingerprint density at radius 2 is 1.80 bits per heavy atom. The number of para-hydroxylation sites is 1. The summed E-state index contributed by atoms with van der Waals surface area (Å²) in [5.74, 6) is 1.05. The highest BCUT2D eigenvalue weighted by atomic mass is 127. The molecule has 0 atom stereocenters. The lowest BCUT2D eigenvalue weighted by molar-refractivity contribution is 1.06. The minimum Gasteiger partial charge on any atom is -0.333 e. The summed E-state index contributed by atoms with van der Waals surface area (Å²) in [7, 11) is 0. The molecule has 0 aromatic heterocycles. The normalized spacial score (nSPS) is 16.4. The van der Waals surface area contributed by atoms with E-state index < -0.39 is 0 Å². The van der Waals surface area contributed by atoms with Crippen molar-refractivity contribution in [2.24, 2.45) is 0 Å². The Kier molecular flexibility index (Phi) is 3.88. The molecule has 1 aliphatic rings. The van der Waals surface area contributed by atoms with Crippen LogP contribution in [0.1, 0.15) is 13.8 Å². The maximum absolute atomic E-state index is 2.41. The summed E-state index contributed by atoms with van der Waals surface area (Å²) in [6, 6.07) is 6.45. The molecule has 0 spiro atoms. The summed E-state index contributed by atoms with van der Waals surface area (Å²) >= 11 is 6.75. The molecule has 2 rings (SSSR count). The fourth-order valence-electron chi connectivity index (χ4n) is 1.53. The van der Waals surface area contributed by atoms with Gasteiger partial charge in [-0.3, -0.25) is 0 Å². The third-order valence-corrected chi connectivity index (χ3v) is 5.39. The van der Waals surface area contributed by atoms with Crippen LogP contribution in [0, 0.1) is 7.14 Å². The first kappa shape index (κ1) is 12.0. The fourth-order valence-corrected chi connectivity index (χ4v) is 4.59. The molecular formula is C11H11I2NS. The lowest BCUT2D eigenvalue weighted by Gasteiger charge is -2.22. The highest BCUT2D eigenvalue weighted by molar-refractivity contribution is 14.1. The second-order valence-corrected chi connectivity index (χ2v) is 6.90. The molecule has 0 saturated carbocycles. The van der Waals surface area contributed by atoms with Crippen LogP contribution < -0.4 is 4.90 Å². The van der Waals surface area contributed by atoms with Crippen LogP contribution in [0.4, 0.5) is 5.69 Å². The van der Waals surface area contributed by atoms with Crippen LogP contribution in [0.15, 0.2) is 28.8 Å². The zero-order chi connectivity index (χ0) is 11.0. The van der Waals surface area contributed by atoms with Gasteiger partial charge in [0.2, 0.25) is 0 Å². The SMILES string of the molecule is CC1=C(C)N(c2c(I)cccc2I)CS1. The van der Waals surface area contributed by atoms with Crippen molar-refractivity contribution in [3.63, 3.8) is 0 Å². The van der Waals surface area contributed by atoms with Crippen molar-refractivity contribution >= 4 is 62.6 Å². The number of hydrogen-bond donors (Lipinski definition) is 0. The first-order chi connectivity index (χ1) is 7.11. The van der Waals surface area contributed by atoms with Gasteiger partial charge in [0.25, 0.3) is 0 Å². The number of thioether (sulfide) groups is 1. The van der Waals surface area contributed by atoms with E-state index in [0.717, 1.165) is 5.88 Å². The third-order valence-electron chi connectivity index (χ3n) is 2.53. The molecule has 0 saturated heterocycles. The molecule has 0 N–H and O–H groups in total. The van der Waals surface area contributed by atoms with Crippen molar-refractivity contribution in [1.29, 1.82) is 0 Å². The Hall–Kier alpha value is 0.570. The Morgan fingerprint density at radius 1 is 1.20 bits per heavy atom. The molecule has 1 aromatic carbocycles. The largest absolute Gasteiger partial charge is 0.333 e. The number of hydrogen-bond acceptors (Lipinski definition) is 2. The predicted octanol–water partition coefficient (Wildman–Crippen LogP) is 4.66. The average molecular weight is 443 g/mol. The van der Waals surface area contributed by atoms with Crippen molar-refractivity contribution in [2.45, 2.75) is 13.8 Å². The van der Waals surface area contributed by atoms with Crippen LogP contribution in [-0.2, 0) is 0 Å². The van der Waals surface area contributed by atoms with E-state index in [-0.39, 0.29) is 0 Å². The average Bonchev–Trinajstić information content (AvgIpc) is 2.49. The molecule has 80 valence electrons. The zero-order valence-corrected chi connectivity index (χ0v) is 13.7. The molecule has 0 amide bonds. The monoisotopic (exact) mass is 443 g/mol. The molecule has 0 fully saturated rings. The van der Waals surface area contributed by atoms with Gasteiger partial charge in [0.15, 0.2) is 0 Å². The van der Waals surface area contributed by atoms with Gasteiger partial charge in [0.1, 0.15) is 0 Å². The third kappa shape index (κ3) is 2.31. The molecule has 1 aromatic rings. The standard InChI is InChI=1S/C11H11I2NS/c1-7-8(2)15-6-14(7)11-9(12)4-3-5-10(11)13/h3-5H,6H2,1-2H3. The minimum atomic E-state index is 1.05. The smallest absolute Gasteiger partial charge is 0.0729 e. The van der Waals surface area contributed by atoms with Gasteiger partial charge in [0, 0.05) is 17.7 Å².